The molecule has 1 fully saturated rings. The molecule has 0 aromatic carbocycles. The Bertz CT molecular complexity index is 1350. The molecule has 0 amide bonds. The van der Waals surface area contributed by atoms with Crippen molar-refractivity contribution in [2.75, 3.05) is 18.0 Å². The first kappa shape index (κ1) is 22.1. The van der Waals surface area contributed by atoms with Crippen LogP contribution in [0.15, 0.2) is 30.9 Å². The molecule has 0 spiro atoms. The Morgan fingerprint density at radius 2 is 2.03 bits per heavy atom. The summed E-state index contributed by atoms with van der Waals surface area (Å²) in [5, 5.41) is 4.40. The molecule has 9 nitrogen and oxygen atoms in total. The van der Waals surface area contributed by atoms with Gasteiger partial charge in [-0.2, -0.15) is 23.3 Å². The van der Waals surface area contributed by atoms with Crippen LogP contribution in [-0.2, 0) is 19.8 Å². The number of hydrogen-bond acceptors (Lipinski definition) is 7. The number of imidazole rings is 1. The minimum absolute atomic E-state index is 0.274. The maximum atomic E-state index is 13.1. The number of nitrogens with zero attached hydrogens (tertiary/aromatic N) is 8. The number of fused-ring (bicyclic) bond motifs is 1. The van der Waals surface area contributed by atoms with E-state index in [-0.39, 0.29) is 11.9 Å². The molecule has 1 aliphatic heterocycles. The molecule has 1 aliphatic rings. The minimum Gasteiger partial charge on any atom is -0.471 e. The number of rotatable bonds is 5. The molecule has 0 aliphatic carbocycles. The largest absolute Gasteiger partial charge is 0.471 e. The van der Waals surface area contributed by atoms with Crippen LogP contribution in [0.5, 0.6) is 5.88 Å². The lowest BCUT2D eigenvalue weighted by Crippen LogP contribution is -2.26. The van der Waals surface area contributed by atoms with Crippen molar-refractivity contribution in [3.8, 4) is 17.3 Å². The molecule has 4 aromatic rings. The summed E-state index contributed by atoms with van der Waals surface area (Å²) < 4.78 is 49.1. The van der Waals surface area contributed by atoms with Crippen LogP contribution in [-0.4, -0.2) is 53.5 Å². The van der Waals surface area contributed by atoms with Gasteiger partial charge in [0.05, 0.1) is 23.9 Å². The molecule has 12 heteroatoms. The highest BCUT2D eigenvalue weighted by atomic mass is 19.4. The Hall–Kier alpha value is -3.70. The fraction of sp³-hybridized carbons (Fsp3) is 0.409. The predicted octanol–water partition coefficient (Wildman–Crippen LogP) is 3.63. The van der Waals surface area contributed by atoms with Crippen molar-refractivity contribution in [1.82, 2.24) is 34.3 Å². The maximum Gasteiger partial charge on any atom is 0.416 e. The van der Waals surface area contributed by atoms with Crippen LogP contribution in [0.25, 0.3) is 22.6 Å². The summed E-state index contributed by atoms with van der Waals surface area (Å²) in [6, 6.07) is 2.03. The Morgan fingerprint density at radius 1 is 1.21 bits per heavy atom. The highest BCUT2D eigenvalue weighted by Gasteiger charge is 2.33. The highest BCUT2D eigenvalue weighted by molar-refractivity contribution is 5.81. The number of anilines is 1. The average molecular weight is 472 g/mol. The lowest BCUT2D eigenvalue weighted by atomic mass is 10.2. The summed E-state index contributed by atoms with van der Waals surface area (Å²) in [7, 11) is 1.88. The third-order valence-electron chi connectivity index (χ3n) is 6.09. The van der Waals surface area contributed by atoms with Crippen LogP contribution in [0.1, 0.15) is 24.6 Å². The van der Waals surface area contributed by atoms with Gasteiger partial charge >= 0.3 is 6.18 Å². The van der Waals surface area contributed by atoms with Crippen molar-refractivity contribution in [2.24, 2.45) is 7.05 Å². The Kier molecular flexibility index (Phi) is 5.37. The summed E-state index contributed by atoms with van der Waals surface area (Å²) >= 11 is 0. The van der Waals surface area contributed by atoms with Crippen LogP contribution in [0.4, 0.5) is 19.0 Å². The topological polar surface area (TPSA) is 86.8 Å². The molecule has 0 saturated carbocycles. The third-order valence-corrected chi connectivity index (χ3v) is 6.09. The quantitative estimate of drug-likeness (QED) is 0.438. The van der Waals surface area contributed by atoms with E-state index in [1.165, 1.54) is 12.5 Å². The van der Waals surface area contributed by atoms with Gasteiger partial charge in [0.1, 0.15) is 24.1 Å². The second kappa shape index (κ2) is 8.26. The van der Waals surface area contributed by atoms with Crippen molar-refractivity contribution in [3.05, 3.63) is 42.1 Å². The van der Waals surface area contributed by atoms with Crippen molar-refractivity contribution >= 4 is 17.0 Å². The number of halogens is 3. The average Bonchev–Trinajstić information content (AvgIpc) is 3.51. The number of hydrogen-bond donors (Lipinski definition) is 0. The Balaban J connectivity index is 1.39. The molecule has 178 valence electrons. The van der Waals surface area contributed by atoms with E-state index in [9.17, 15) is 13.2 Å². The monoisotopic (exact) mass is 472 g/mol. The van der Waals surface area contributed by atoms with Gasteiger partial charge in [0.2, 0.25) is 5.88 Å². The summed E-state index contributed by atoms with van der Waals surface area (Å²) in [6.45, 7) is 5.68. The molecule has 1 saturated heterocycles. The molecule has 1 atom stereocenters. The van der Waals surface area contributed by atoms with Crippen molar-refractivity contribution in [3.63, 3.8) is 0 Å². The number of aromatic nitrogens is 7. The van der Waals surface area contributed by atoms with Gasteiger partial charge in [-0.15, -0.1) is 0 Å². The van der Waals surface area contributed by atoms with Gasteiger partial charge in [0.25, 0.3) is 0 Å². The molecule has 0 N–H and O–H groups in total. The summed E-state index contributed by atoms with van der Waals surface area (Å²) in [4.78, 5) is 19.3. The molecule has 4 aromatic heterocycles. The lowest BCUT2D eigenvalue weighted by molar-refractivity contribution is -0.137. The van der Waals surface area contributed by atoms with E-state index in [1.807, 2.05) is 30.1 Å². The first-order valence-corrected chi connectivity index (χ1v) is 10.9. The number of aryl methyl sites for hydroxylation is 2. The Morgan fingerprint density at radius 3 is 2.76 bits per heavy atom. The van der Waals surface area contributed by atoms with E-state index in [1.54, 1.807) is 11.1 Å². The minimum atomic E-state index is -4.41. The van der Waals surface area contributed by atoms with E-state index in [0.717, 1.165) is 29.9 Å². The Labute approximate surface area is 193 Å². The summed E-state index contributed by atoms with van der Waals surface area (Å²) in [5.41, 5.74) is 2.33. The highest BCUT2D eigenvalue weighted by Crippen LogP contribution is 2.33. The van der Waals surface area contributed by atoms with Gasteiger partial charge in [-0.1, -0.05) is 0 Å². The zero-order chi connectivity index (χ0) is 24.0. The van der Waals surface area contributed by atoms with Gasteiger partial charge in [-0.25, -0.2) is 15.0 Å². The second-order valence-electron chi connectivity index (χ2n) is 8.18. The van der Waals surface area contributed by atoms with Crippen LogP contribution in [0, 0.1) is 6.92 Å². The molecule has 5 rings (SSSR count). The molecule has 34 heavy (non-hydrogen) atoms. The van der Waals surface area contributed by atoms with Gasteiger partial charge < -0.3 is 14.2 Å². The van der Waals surface area contributed by atoms with Crippen LogP contribution in [0.2, 0.25) is 0 Å². The first-order chi connectivity index (χ1) is 16.3. The van der Waals surface area contributed by atoms with E-state index < -0.39 is 11.7 Å². The SMILES string of the molecule is CCn1ncc(-c2nc3c(OC4CCN(c5cc(C(F)(F)F)ccn5)C4)ncnc3n2C)c1C. The standard InChI is InChI=1S/C22H23F3N8O/c1-4-33-13(2)16(10-29-33)19-30-18-20(31(19)3)27-12-28-21(18)34-15-6-8-32(11-15)17-9-14(5-7-26-17)22(23,24)25/h5,7,9-10,12,15H,4,6,8,11H2,1-3H3. The smallest absolute Gasteiger partial charge is 0.416 e. The maximum absolute atomic E-state index is 13.1. The van der Waals surface area contributed by atoms with Crippen LogP contribution in [0.3, 0.4) is 0 Å². The van der Waals surface area contributed by atoms with E-state index in [0.29, 0.717) is 42.4 Å². The lowest BCUT2D eigenvalue weighted by Gasteiger charge is -2.19. The van der Waals surface area contributed by atoms with E-state index >= 15 is 0 Å². The van der Waals surface area contributed by atoms with Gasteiger partial charge in [-0.3, -0.25) is 4.68 Å². The molecule has 0 radical (unpaired) electrons. The first-order valence-electron chi connectivity index (χ1n) is 10.9. The van der Waals surface area contributed by atoms with Crippen LogP contribution >= 0.6 is 0 Å². The van der Waals surface area contributed by atoms with Gasteiger partial charge in [0, 0.05) is 38.4 Å². The van der Waals surface area contributed by atoms with Crippen molar-refractivity contribution in [2.45, 2.75) is 39.1 Å². The zero-order valence-electron chi connectivity index (χ0n) is 18.9. The predicted molar refractivity (Wildman–Crippen MR) is 118 cm³/mol. The van der Waals surface area contributed by atoms with Gasteiger partial charge in [0.15, 0.2) is 11.2 Å². The molecule has 1 unspecified atom stereocenters. The van der Waals surface area contributed by atoms with Crippen molar-refractivity contribution in [1.29, 1.82) is 0 Å². The second-order valence-corrected chi connectivity index (χ2v) is 8.18. The number of ether oxygens (including phenoxy) is 1. The number of alkyl halides is 3. The molecule has 5 heterocycles. The summed E-state index contributed by atoms with van der Waals surface area (Å²) in [6.07, 6.45) is 0.314. The van der Waals surface area contributed by atoms with Gasteiger partial charge in [-0.05, 0) is 26.0 Å². The molecular weight excluding hydrogens is 449 g/mol. The summed E-state index contributed by atoms with van der Waals surface area (Å²) in [5.74, 6) is 1.33. The third kappa shape index (κ3) is 3.82. The normalized spacial score (nSPS) is 16.5. The number of pyridine rings is 1. The molecule has 0 bridgehead atoms. The fourth-order valence-corrected chi connectivity index (χ4v) is 4.25. The zero-order valence-corrected chi connectivity index (χ0v) is 18.9. The van der Waals surface area contributed by atoms with E-state index in [2.05, 4.69) is 20.1 Å². The van der Waals surface area contributed by atoms with Crippen molar-refractivity contribution < 1.29 is 17.9 Å². The van der Waals surface area contributed by atoms with E-state index in [4.69, 9.17) is 9.72 Å². The molecular formula is C22H23F3N8O. The van der Waals surface area contributed by atoms with Crippen LogP contribution < -0.4 is 9.64 Å². The fourth-order valence-electron chi connectivity index (χ4n) is 4.25.